The first-order valence-corrected chi connectivity index (χ1v) is 10.1. The van der Waals surface area contributed by atoms with Crippen LogP contribution in [-0.4, -0.2) is 59.5 Å². The molecule has 4 rings (SSSR count). The molecular weight excluding hydrogens is 352 g/mol. The van der Waals surface area contributed by atoms with Crippen LogP contribution in [0.4, 0.5) is 0 Å². The average Bonchev–Trinajstić information content (AvgIpc) is 2.92. The van der Waals surface area contributed by atoms with Gasteiger partial charge >= 0.3 is 0 Å². The molecule has 1 amide bonds. The number of pyridine rings is 1. The molecule has 1 N–H and O–H groups in total. The maximum Gasteiger partial charge on any atom is 0.234 e. The topological polar surface area (TPSA) is 57.7 Å². The quantitative estimate of drug-likeness (QED) is 0.861. The predicted molar refractivity (Wildman–Crippen MR) is 108 cm³/mol. The van der Waals surface area contributed by atoms with E-state index in [-0.39, 0.29) is 11.9 Å². The van der Waals surface area contributed by atoms with Gasteiger partial charge in [0.2, 0.25) is 5.91 Å². The van der Waals surface area contributed by atoms with Crippen LogP contribution in [0.15, 0.2) is 48.8 Å². The molecule has 28 heavy (non-hydrogen) atoms. The van der Waals surface area contributed by atoms with Crippen LogP contribution >= 0.6 is 0 Å². The largest absolute Gasteiger partial charge is 0.492 e. The van der Waals surface area contributed by atoms with Gasteiger partial charge in [-0.3, -0.25) is 19.6 Å². The van der Waals surface area contributed by atoms with E-state index in [4.69, 9.17) is 4.74 Å². The van der Waals surface area contributed by atoms with E-state index in [2.05, 4.69) is 32.2 Å². The summed E-state index contributed by atoms with van der Waals surface area (Å²) < 4.78 is 5.79. The van der Waals surface area contributed by atoms with Crippen molar-refractivity contribution in [3.8, 4) is 5.75 Å². The Morgan fingerprint density at radius 3 is 2.79 bits per heavy atom. The molecule has 0 radical (unpaired) electrons. The number of ether oxygens (including phenoxy) is 1. The van der Waals surface area contributed by atoms with Gasteiger partial charge in [0.05, 0.1) is 6.54 Å². The van der Waals surface area contributed by atoms with Gasteiger partial charge in [-0.25, -0.2) is 0 Å². The van der Waals surface area contributed by atoms with Gasteiger partial charge in [-0.15, -0.1) is 0 Å². The first-order chi connectivity index (χ1) is 13.8. The summed E-state index contributed by atoms with van der Waals surface area (Å²) in [6.07, 6.45) is 5.73. The van der Waals surface area contributed by atoms with E-state index < -0.39 is 0 Å². The lowest BCUT2D eigenvalue weighted by atomic mass is 10.0. The Balaban J connectivity index is 1.22. The summed E-state index contributed by atoms with van der Waals surface area (Å²) >= 11 is 0. The molecule has 0 unspecified atom stereocenters. The fraction of sp³-hybridized carbons (Fsp3) is 0.455. The van der Waals surface area contributed by atoms with E-state index in [1.54, 1.807) is 6.20 Å². The number of piperidine rings is 1. The molecule has 0 aliphatic carbocycles. The standard InChI is InChI=1S/C22H28N4O2/c27-22(17-26-12-13-28-21-6-2-1-5-19(21)16-26)24-20-7-10-25(11-8-20)15-18-4-3-9-23-14-18/h1-6,9,14,20H,7-8,10-13,15-17H2,(H,24,27). The summed E-state index contributed by atoms with van der Waals surface area (Å²) in [4.78, 5) is 21.3. The molecule has 1 saturated heterocycles. The van der Waals surface area contributed by atoms with Crippen LogP contribution in [0.2, 0.25) is 0 Å². The Morgan fingerprint density at radius 1 is 1.11 bits per heavy atom. The van der Waals surface area contributed by atoms with E-state index >= 15 is 0 Å². The lowest BCUT2D eigenvalue weighted by Crippen LogP contribution is -2.47. The molecule has 1 fully saturated rings. The molecular formula is C22H28N4O2. The number of fused-ring (bicyclic) bond motifs is 1. The highest BCUT2D eigenvalue weighted by molar-refractivity contribution is 5.78. The van der Waals surface area contributed by atoms with Gasteiger partial charge in [0.25, 0.3) is 0 Å². The van der Waals surface area contributed by atoms with E-state index in [0.29, 0.717) is 13.2 Å². The maximum absolute atomic E-state index is 12.6. The van der Waals surface area contributed by atoms with Crippen LogP contribution in [0.3, 0.4) is 0 Å². The molecule has 6 nitrogen and oxygen atoms in total. The Labute approximate surface area is 166 Å². The number of carbonyl (C=O) groups is 1. The molecule has 1 aromatic heterocycles. The monoisotopic (exact) mass is 380 g/mol. The molecule has 0 saturated carbocycles. The summed E-state index contributed by atoms with van der Waals surface area (Å²) in [5, 5.41) is 3.23. The molecule has 1 aromatic carbocycles. The predicted octanol–water partition coefficient (Wildman–Crippen LogP) is 2.06. The SMILES string of the molecule is O=C(CN1CCOc2ccccc2C1)NC1CCN(Cc2cccnc2)CC1. The highest BCUT2D eigenvalue weighted by Gasteiger charge is 2.22. The van der Waals surface area contributed by atoms with E-state index in [0.717, 1.165) is 56.9 Å². The number of rotatable bonds is 5. The number of para-hydroxylation sites is 1. The molecule has 2 aromatic rings. The lowest BCUT2D eigenvalue weighted by Gasteiger charge is -2.32. The van der Waals surface area contributed by atoms with Crippen LogP contribution in [0.5, 0.6) is 5.75 Å². The van der Waals surface area contributed by atoms with Crippen molar-refractivity contribution < 1.29 is 9.53 Å². The molecule has 148 valence electrons. The zero-order valence-electron chi connectivity index (χ0n) is 16.2. The average molecular weight is 380 g/mol. The van der Waals surface area contributed by atoms with Gasteiger partial charge in [0, 0.05) is 56.7 Å². The van der Waals surface area contributed by atoms with Crippen molar-refractivity contribution in [2.24, 2.45) is 0 Å². The van der Waals surface area contributed by atoms with Crippen LogP contribution < -0.4 is 10.1 Å². The highest BCUT2D eigenvalue weighted by Crippen LogP contribution is 2.22. The lowest BCUT2D eigenvalue weighted by molar-refractivity contribution is -0.123. The Morgan fingerprint density at radius 2 is 1.96 bits per heavy atom. The van der Waals surface area contributed by atoms with Crippen molar-refractivity contribution >= 4 is 5.91 Å². The van der Waals surface area contributed by atoms with E-state index in [1.165, 1.54) is 5.56 Å². The third-order valence-corrected chi connectivity index (χ3v) is 5.48. The van der Waals surface area contributed by atoms with Gasteiger partial charge in [0.1, 0.15) is 12.4 Å². The number of nitrogens with zero attached hydrogens (tertiary/aromatic N) is 3. The van der Waals surface area contributed by atoms with Crippen molar-refractivity contribution in [3.63, 3.8) is 0 Å². The van der Waals surface area contributed by atoms with E-state index in [1.807, 2.05) is 30.5 Å². The molecule has 3 heterocycles. The second kappa shape index (κ2) is 9.17. The van der Waals surface area contributed by atoms with Crippen molar-refractivity contribution in [2.45, 2.75) is 32.0 Å². The third-order valence-electron chi connectivity index (χ3n) is 5.48. The Kier molecular flexibility index (Phi) is 6.19. The van der Waals surface area contributed by atoms with Crippen LogP contribution in [0, 0.1) is 0 Å². The number of likely N-dealkylation sites (tertiary alicyclic amines) is 1. The number of aromatic nitrogens is 1. The number of benzene rings is 1. The highest BCUT2D eigenvalue weighted by atomic mass is 16.5. The fourth-order valence-corrected chi connectivity index (χ4v) is 3.98. The summed E-state index contributed by atoms with van der Waals surface area (Å²) in [7, 11) is 0. The maximum atomic E-state index is 12.6. The number of amides is 1. The second-order valence-electron chi connectivity index (χ2n) is 7.65. The van der Waals surface area contributed by atoms with Gasteiger partial charge in [0.15, 0.2) is 0 Å². The third kappa shape index (κ3) is 5.09. The zero-order chi connectivity index (χ0) is 19.2. The number of hydrogen-bond acceptors (Lipinski definition) is 5. The fourth-order valence-electron chi connectivity index (χ4n) is 3.98. The minimum atomic E-state index is 0.116. The Hall–Kier alpha value is -2.44. The summed E-state index contributed by atoms with van der Waals surface area (Å²) in [5.74, 6) is 1.05. The second-order valence-corrected chi connectivity index (χ2v) is 7.65. The first-order valence-electron chi connectivity index (χ1n) is 10.1. The normalized spacial score (nSPS) is 18.7. The molecule has 2 aliphatic heterocycles. The molecule has 0 bridgehead atoms. The number of hydrogen-bond donors (Lipinski definition) is 1. The molecule has 0 spiro atoms. The Bertz CT molecular complexity index is 775. The first kappa shape index (κ1) is 18.9. The van der Waals surface area contributed by atoms with Gasteiger partial charge in [-0.2, -0.15) is 0 Å². The van der Waals surface area contributed by atoms with Crippen molar-refractivity contribution in [1.29, 1.82) is 0 Å². The summed E-state index contributed by atoms with van der Waals surface area (Å²) in [6, 6.07) is 12.4. The molecule has 0 atom stereocenters. The smallest absolute Gasteiger partial charge is 0.234 e. The van der Waals surface area contributed by atoms with Crippen LogP contribution in [0.1, 0.15) is 24.0 Å². The minimum Gasteiger partial charge on any atom is -0.492 e. The van der Waals surface area contributed by atoms with Crippen LogP contribution in [-0.2, 0) is 17.9 Å². The van der Waals surface area contributed by atoms with Gasteiger partial charge < -0.3 is 10.1 Å². The molecule has 6 heteroatoms. The zero-order valence-corrected chi connectivity index (χ0v) is 16.2. The van der Waals surface area contributed by atoms with Gasteiger partial charge in [-0.05, 0) is 30.5 Å². The van der Waals surface area contributed by atoms with Crippen molar-refractivity contribution in [1.82, 2.24) is 20.1 Å². The molecule has 2 aliphatic rings. The summed E-state index contributed by atoms with van der Waals surface area (Å²) in [5.41, 5.74) is 2.39. The number of nitrogens with one attached hydrogen (secondary N) is 1. The van der Waals surface area contributed by atoms with Gasteiger partial charge in [-0.1, -0.05) is 24.3 Å². The van der Waals surface area contributed by atoms with Crippen molar-refractivity contribution in [3.05, 3.63) is 59.9 Å². The van der Waals surface area contributed by atoms with E-state index in [9.17, 15) is 4.79 Å². The van der Waals surface area contributed by atoms with Crippen LogP contribution in [0.25, 0.3) is 0 Å². The van der Waals surface area contributed by atoms with Crippen molar-refractivity contribution in [2.75, 3.05) is 32.8 Å². The summed E-state index contributed by atoms with van der Waals surface area (Å²) in [6.45, 7) is 5.51. The minimum absolute atomic E-state index is 0.116. The number of carbonyl (C=O) groups excluding carboxylic acids is 1.